The number of aryl methyl sites for hydroxylation is 1. The Morgan fingerprint density at radius 2 is 2.08 bits per heavy atom. The summed E-state index contributed by atoms with van der Waals surface area (Å²) in [7, 11) is 0. The second kappa shape index (κ2) is 6.20. The van der Waals surface area contributed by atoms with Gasteiger partial charge in [0.1, 0.15) is 18.2 Å². The van der Waals surface area contributed by atoms with Crippen LogP contribution in [0.15, 0.2) is 30.3 Å². The highest BCUT2D eigenvalue weighted by molar-refractivity contribution is 5.91. The average Bonchev–Trinajstić information content (AvgIpc) is 3.14. The molecule has 1 aromatic carbocycles. The first kappa shape index (κ1) is 15.6. The fourth-order valence-corrected chi connectivity index (χ4v) is 4.03. The van der Waals surface area contributed by atoms with Crippen LogP contribution in [0.5, 0.6) is 0 Å². The van der Waals surface area contributed by atoms with Crippen molar-refractivity contribution >= 4 is 11.9 Å². The van der Waals surface area contributed by atoms with Gasteiger partial charge in [-0.25, -0.2) is 4.79 Å². The lowest BCUT2D eigenvalue weighted by Gasteiger charge is -2.42. The molecule has 2 saturated heterocycles. The molecule has 2 atom stereocenters. The van der Waals surface area contributed by atoms with Crippen LogP contribution in [0.25, 0.3) is 0 Å². The van der Waals surface area contributed by atoms with E-state index >= 15 is 0 Å². The van der Waals surface area contributed by atoms with E-state index in [1.165, 1.54) is 5.56 Å². The molecule has 0 spiro atoms. The van der Waals surface area contributed by atoms with Crippen molar-refractivity contribution in [1.29, 1.82) is 0 Å². The summed E-state index contributed by atoms with van der Waals surface area (Å²) in [4.78, 5) is 26.2. The van der Waals surface area contributed by atoms with Crippen molar-refractivity contribution in [3.8, 4) is 0 Å². The molecule has 0 radical (unpaired) electrons. The number of hydrogen-bond acceptors (Lipinski definition) is 4. The molecule has 1 aromatic rings. The Labute approximate surface area is 141 Å². The molecule has 5 heteroatoms. The van der Waals surface area contributed by atoms with Crippen molar-refractivity contribution in [2.75, 3.05) is 13.2 Å². The highest BCUT2D eigenvalue weighted by atomic mass is 16.6. The number of carbonyl (C=O) groups excluding carboxylic acids is 2. The first-order chi connectivity index (χ1) is 11.7. The fraction of sp³-hybridized carbons (Fsp3) is 0.579. The van der Waals surface area contributed by atoms with Gasteiger partial charge in [-0.15, -0.1) is 0 Å². The maximum Gasteiger partial charge on any atom is 0.411 e. The fourth-order valence-electron chi connectivity index (χ4n) is 4.03. The van der Waals surface area contributed by atoms with E-state index in [1.54, 1.807) is 4.90 Å². The van der Waals surface area contributed by atoms with Crippen LogP contribution in [0.4, 0.5) is 4.79 Å². The highest BCUT2D eigenvalue weighted by Crippen LogP contribution is 2.41. The van der Waals surface area contributed by atoms with Gasteiger partial charge in [0, 0.05) is 6.54 Å². The number of amides is 1. The van der Waals surface area contributed by atoms with Gasteiger partial charge in [0.15, 0.2) is 5.78 Å². The predicted molar refractivity (Wildman–Crippen MR) is 87.7 cm³/mol. The Morgan fingerprint density at radius 1 is 1.29 bits per heavy atom. The third-order valence-corrected chi connectivity index (χ3v) is 5.63. The number of benzene rings is 1. The molecular weight excluding hydrogens is 306 g/mol. The lowest BCUT2D eigenvalue weighted by molar-refractivity contribution is -0.122. The Hall–Kier alpha value is -1.88. The van der Waals surface area contributed by atoms with Crippen LogP contribution in [0.3, 0.4) is 0 Å². The van der Waals surface area contributed by atoms with Crippen LogP contribution in [-0.2, 0) is 20.7 Å². The molecule has 4 rings (SSSR count). The third-order valence-electron chi connectivity index (χ3n) is 5.63. The smallest absolute Gasteiger partial charge is 0.411 e. The monoisotopic (exact) mass is 329 g/mol. The van der Waals surface area contributed by atoms with Gasteiger partial charge in [-0.05, 0) is 44.1 Å². The highest BCUT2D eigenvalue weighted by Gasteiger charge is 2.49. The van der Waals surface area contributed by atoms with Crippen molar-refractivity contribution in [2.45, 2.75) is 56.3 Å². The number of Topliss-reactive ketones (excluding diaryl/α,β-unsaturated/α-hetero) is 1. The van der Waals surface area contributed by atoms with Crippen LogP contribution in [0.1, 0.15) is 37.7 Å². The minimum Gasteiger partial charge on any atom is -0.443 e. The summed E-state index contributed by atoms with van der Waals surface area (Å²) < 4.78 is 11.4. The Kier molecular flexibility index (Phi) is 4.04. The van der Waals surface area contributed by atoms with Gasteiger partial charge in [-0.2, -0.15) is 0 Å². The molecular formula is C19H23NO4. The van der Waals surface area contributed by atoms with E-state index in [1.807, 2.05) is 18.2 Å². The molecule has 0 unspecified atom stereocenters. The molecule has 0 bridgehead atoms. The zero-order chi connectivity index (χ0) is 16.6. The largest absolute Gasteiger partial charge is 0.443 e. The normalized spacial score (nSPS) is 27.7. The minimum atomic E-state index is -0.427. The molecule has 2 aliphatic heterocycles. The molecule has 5 nitrogen and oxygen atoms in total. The van der Waals surface area contributed by atoms with Crippen molar-refractivity contribution in [1.82, 2.24) is 4.90 Å². The number of hydrogen-bond donors (Lipinski definition) is 0. The van der Waals surface area contributed by atoms with E-state index in [-0.39, 0.29) is 30.2 Å². The number of fused-ring (bicyclic) bond motifs is 1. The second-order valence-electron chi connectivity index (χ2n) is 7.13. The summed E-state index contributed by atoms with van der Waals surface area (Å²) >= 11 is 0. The zero-order valence-electron chi connectivity index (χ0n) is 13.8. The standard InChI is InChI=1S/C19H23NO4/c21-15-13-23-16-8-12-20(17(15)16)18(22)24-19(9-4-10-19)11-7-14-5-2-1-3-6-14/h1-3,5-6,16-17H,4,7-13H2/t16-,17-/m1/s1. The van der Waals surface area contributed by atoms with E-state index in [4.69, 9.17) is 9.47 Å². The van der Waals surface area contributed by atoms with E-state index in [0.717, 1.165) is 38.5 Å². The summed E-state index contributed by atoms with van der Waals surface area (Å²) in [6.45, 7) is 0.674. The maximum atomic E-state index is 12.6. The molecule has 1 amide bonds. The number of ketones is 1. The Morgan fingerprint density at radius 3 is 2.79 bits per heavy atom. The SMILES string of the molecule is O=C1CO[C@@H]2CCN(C(=O)OC3(CCc4ccccc4)CCC3)[C@H]12. The van der Waals surface area contributed by atoms with Gasteiger partial charge in [0.2, 0.25) is 0 Å². The van der Waals surface area contributed by atoms with Crippen LogP contribution in [0.2, 0.25) is 0 Å². The van der Waals surface area contributed by atoms with Crippen LogP contribution in [0, 0.1) is 0 Å². The molecule has 3 fully saturated rings. The summed E-state index contributed by atoms with van der Waals surface area (Å²) in [5.74, 6) is 0.00129. The molecule has 24 heavy (non-hydrogen) atoms. The Bertz CT molecular complexity index is 626. The average molecular weight is 329 g/mol. The number of likely N-dealkylation sites (tertiary alicyclic amines) is 1. The summed E-state index contributed by atoms with van der Waals surface area (Å²) in [6.07, 6.45) is 4.92. The van der Waals surface area contributed by atoms with Crippen molar-refractivity contribution in [3.05, 3.63) is 35.9 Å². The van der Waals surface area contributed by atoms with Gasteiger partial charge in [-0.3, -0.25) is 9.69 Å². The quantitative estimate of drug-likeness (QED) is 0.852. The third kappa shape index (κ3) is 2.81. The van der Waals surface area contributed by atoms with Gasteiger partial charge in [0.05, 0.1) is 6.10 Å². The topological polar surface area (TPSA) is 55.8 Å². The summed E-state index contributed by atoms with van der Waals surface area (Å²) in [6, 6.07) is 9.86. The lowest BCUT2D eigenvalue weighted by atomic mass is 9.76. The predicted octanol–water partition coefficient (Wildman–Crippen LogP) is 2.72. The summed E-state index contributed by atoms with van der Waals surface area (Å²) in [5.41, 5.74) is 0.911. The minimum absolute atomic E-state index is 0.00129. The van der Waals surface area contributed by atoms with E-state index in [0.29, 0.717) is 6.54 Å². The summed E-state index contributed by atoms with van der Waals surface area (Å²) in [5, 5.41) is 0. The van der Waals surface area contributed by atoms with Crippen LogP contribution >= 0.6 is 0 Å². The molecule has 2 heterocycles. The maximum absolute atomic E-state index is 12.6. The van der Waals surface area contributed by atoms with Crippen LogP contribution < -0.4 is 0 Å². The van der Waals surface area contributed by atoms with Gasteiger partial charge in [-0.1, -0.05) is 30.3 Å². The van der Waals surface area contributed by atoms with E-state index in [2.05, 4.69) is 12.1 Å². The van der Waals surface area contributed by atoms with Gasteiger partial charge < -0.3 is 9.47 Å². The molecule has 1 aliphatic carbocycles. The molecule has 0 N–H and O–H groups in total. The van der Waals surface area contributed by atoms with Crippen molar-refractivity contribution in [3.63, 3.8) is 0 Å². The second-order valence-corrected chi connectivity index (χ2v) is 7.13. The van der Waals surface area contributed by atoms with E-state index < -0.39 is 6.04 Å². The number of ether oxygens (including phenoxy) is 2. The van der Waals surface area contributed by atoms with Crippen LogP contribution in [-0.4, -0.2) is 47.7 Å². The first-order valence-electron chi connectivity index (χ1n) is 8.85. The van der Waals surface area contributed by atoms with Crippen molar-refractivity contribution < 1.29 is 19.1 Å². The lowest BCUT2D eigenvalue weighted by Crippen LogP contribution is -2.49. The first-order valence-corrected chi connectivity index (χ1v) is 8.85. The zero-order valence-corrected chi connectivity index (χ0v) is 13.8. The molecule has 1 saturated carbocycles. The number of nitrogens with zero attached hydrogens (tertiary/aromatic N) is 1. The molecule has 128 valence electrons. The van der Waals surface area contributed by atoms with Gasteiger partial charge >= 0.3 is 6.09 Å². The number of carbonyl (C=O) groups is 2. The van der Waals surface area contributed by atoms with Crippen molar-refractivity contribution in [2.24, 2.45) is 0 Å². The Balaban J connectivity index is 1.39. The molecule has 0 aromatic heterocycles. The van der Waals surface area contributed by atoms with E-state index in [9.17, 15) is 9.59 Å². The molecule has 3 aliphatic rings. The van der Waals surface area contributed by atoms with Gasteiger partial charge in [0.25, 0.3) is 0 Å². The number of rotatable bonds is 4.